The topological polar surface area (TPSA) is 101 Å². The normalized spacial score (nSPS) is 23.0. The van der Waals surface area contributed by atoms with Gasteiger partial charge >= 0.3 is 0 Å². The summed E-state index contributed by atoms with van der Waals surface area (Å²) in [6.45, 7) is 2.33. The number of likely N-dealkylation sites (tertiary alicyclic amines) is 1. The highest BCUT2D eigenvalue weighted by Gasteiger charge is 2.52. The van der Waals surface area contributed by atoms with Crippen LogP contribution in [0.4, 0.5) is 17.1 Å². The standard InChI is InChI=1S/C31H31N3O5/c1-19(7-3-13-27(36)33-16-6-10-22(33)18-35)31(39)24-17-21(14-15-25(24)32(2)30(31)38)34-26-12-5-9-20-8-4-11-23(28(20)26)29(34)37/h3-5,7-9,11-12,14-15,17,19,22,35,39H,6,10,13,16,18H2,1-2H3/b7-3+/t19-,22-,31+/m0/s1. The second kappa shape index (κ2) is 9.32. The molecule has 0 radical (unpaired) electrons. The van der Waals surface area contributed by atoms with Gasteiger partial charge in [0.15, 0.2) is 5.60 Å². The van der Waals surface area contributed by atoms with E-state index in [0.29, 0.717) is 29.0 Å². The number of hydrogen-bond acceptors (Lipinski definition) is 5. The third-order valence-corrected chi connectivity index (χ3v) is 8.48. The van der Waals surface area contributed by atoms with Crippen LogP contribution >= 0.6 is 0 Å². The number of anilines is 3. The zero-order valence-corrected chi connectivity index (χ0v) is 22.0. The molecule has 1 fully saturated rings. The third kappa shape index (κ3) is 3.70. The minimum absolute atomic E-state index is 0.0509. The molecule has 8 nitrogen and oxygen atoms in total. The molecule has 3 aromatic rings. The third-order valence-electron chi connectivity index (χ3n) is 8.48. The van der Waals surface area contributed by atoms with E-state index in [-0.39, 0.29) is 30.9 Å². The second-order valence-electron chi connectivity index (χ2n) is 10.6. The van der Waals surface area contributed by atoms with Gasteiger partial charge in [-0.15, -0.1) is 0 Å². The Bertz CT molecular complexity index is 1540. The summed E-state index contributed by atoms with van der Waals surface area (Å²) in [7, 11) is 1.62. The molecule has 3 heterocycles. The highest BCUT2D eigenvalue weighted by atomic mass is 16.3. The smallest absolute Gasteiger partial charge is 0.264 e. The van der Waals surface area contributed by atoms with Gasteiger partial charge in [-0.25, -0.2) is 0 Å². The molecule has 3 aliphatic heterocycles. The van der Waals surface area contributed by atoms with E-state index in [1.807, 2.05) is 36.4 Å². The molecule has 0 bridgehead atoms. The zero-order chi connectivity index (χ0) is 27.5. The molecule has 0 aromatic heterocycles. The van der Waals surface area contributed by atoms with Gasteiger partial charge < -0.3 is 20.0 Å². The van der Waals surface area contributed by atoms with E-state index in [1.165, 1.54) is 4.90 Å². The molecule has 3 aromatic carbocycles. The molecule has 200 valence electrons. The van der Waals surface area contributed by atoms with Gasteiger partial charge in [-0.3, -0.25) is 19.3 Å². The van der Waals surface area contributed by atoms with Crippen molar-refractivity contribution in [3.05, 3.63) is 77.9 Å². The first-order valence-electron chi connectivity index (χ1n) is 13.4. The molecule has 2 N–H and O–H groups in total. The van der Waals surface area contributed by atoms with Crippen molar-refractivity contribution in [2.45, 2.75) is 37.8 Å². The molecule has 39 heavy (non-hydrogen) atoms. The number of hydrogen-bond donors (Lipinski definition) is 2. The lowest BCUT2D eigenvalue weighted by molar-refractivity contribution is -0.139. The Morgan fingerprint density at radius 3 is 2.67 bits per heavy atom. The molecule has 0 saturated carbocycles. The van der Waals surface area contributed by atoms with Crippen molar-refractivity contribution in [2.75, 3.05) is 30.0 Å². The van der Waals surface area contributed by atoms with Crippen molar-refractivity contribution >= 4 is 45.6 Å². The number of amides is 3. The number of carbonyl (C=O) groups excluding carboxylic acids is 3. The average molecular weight is 526 g/mol. The van der Waals surface area contributed by atoms with E-state index in [9.17, 15) is 24.6 Å². The highest BCUT2D eigenvalue weighted by Crippen LogP contribution is 2.48. The van der Waals surface area contributed by atoms with E-state index in [2.05, 4.69) is 0 Å². The first-order chi connectivity index (χ1) is 18.8. The lowest BCUT2D eigenvalue weighted by Gasteiger charge is -2.28. The molecule has 0 spiro atoms. The summed E-state index contributed by atoms with van der Waals surface area (Å²) < 4.78 is 0. The molecule has 3 amide bonds. The number of aliphatic hydroxyl groups excluding tert-OH is 1. The molecule has 3 aliphatic rings. The van der Waals surface area contributed by atoms with Crippen LogP contribution in [0.15, 0.2) is 66.7 Å². The van der Waals surface area contributed by atoms with Gasteiger partial charge in [0, 0.05) is 42.6 Å². The Morgan fingerprint density at radius 1 is 1.13 bits per heavy atom. The summed E-state index contributed by atoms with van der Waals surface area (Å²) in [5, 5.41) is 23.3. The van der Waals surface area contributed by atoms with E-state index in [0.717, 1.165) is 29.3 Å². The predicted molar refractivity (Wildman–Crippen MR) is 149 cm³/mol. The minimum Gasteiger partial charge on any atom is -0.394 e. The first kappa shape index (κ1) is 25.3. The number of rotatable bonds is 6. The maximum Gasteiger partial charge on any atom is 0.264 e. The van der Waals surface area contributed by atoms with Gasteiger partial charge in [0.1, 0.15) is 0 Å². The Balaban J connectivity index is 1.31. The summed E-state index contributed by atoms with van der Waals surface area (Å²) in [6, 6.07) is 16.6. The SMILES string of the molecule is C[C@@H](/C=C/CC(=O)N1CCC[C@H]1CO)[C@]1(O)C(=O)N(C)c2ccc(N3C(=O)c4cccc5cccc3c45)cc21. The van der Waals surface area contributed by atoms with Crippen molar-refractivity contribution in [2.24, 2.45) is 5.92 Å². The fraction of sp³-hybridized carbons (Fsp3) is 0.323. The maximum absolute atomic E-state index is 13.5. The van der Waals surface area contributed by atoms with E-state index >= 15 is 0 Å². The van der Waals surface area contributed by atoms with Crippen LogP contribution in [0.25, 0.3) is 10.8 Å². The number of nitrogens with zero attached hydrogens (tertiary/aromatic N) is 3. The van der Waals surface area contributed by atoms with Gasteiger partial charge in [-0.2, -0.15) is 0 Å². The van der Waals surface area contributed by atoms with Crippen LogP contribution in [0.2, 0.25) is 0 Å². The van der Waals surface area contributed by atoms with Gasteiger partial charge in [0.05, 0.1) is 29.6 Å². The molecular weight excluding hydrogens is 494 g/mol. The molecule has 6 rings (SSSR count). The Labute approximate surface area is 226 Å². The Hall–Kier alpha value is -4.01. The Morgan fingerprint density at radius 2 is 1.90 bits per heavy atom. The number of carbonyl (C=O) groups is 3. The number of fused-ring (bicyclic) bond motifs is 1. The van der Waals surface area contributed by atoms with Crippen LogP contribution in [0.1, 0.15) is 42.1 Å². The number of benzene rings is 3. The highest BCUT2D eigenvalue weighted by molar-refractivity contribution is 6.28. The molecule has 3 atom stereocenters. The van der Waals surface area contributed by atoms with E-state index in [4.69, 9.17) is 0 Å². The fourth-order valence-corrected chi connectivity index (χ4v) is 6.34. The van der Waals surface area contributed by atoms with E-state index in [1.54, 1.807) is 54.1 Å². The van der Waals surface area contributed by atoms with Crippen LogP contribution in [0.3, 0.4) is 0 Å². The molecule has 0 aliphatic carbocycles. The minimum atomic E-state index is -1.86. The van der Waals surface area contributed by atoms with Crippen molar-refractivity contribution in [3.63, 3.8) is 0 Å². The zero-order valence-electron chi connectivity index (χ0n) is 22.0. The average Bonchev–Trinajstić information content (AvgIpc) is 3.60. The fourth-order valence-electron chi connectivity index (χ4n) is 6.34. The maximum atomic E-state index is 13.5. The van der Waals surface area contributed by atoms with Crippen LogP contribution < -0.4 is 9.80 Å². The molecular formula is C31H31N3O5. The van der Waals surface area contributed by atoms with Crippen LogP contribution in [0.5, 0.6) is 0 Å². The monoisotopic (exact) mass is 525 g/mol. The molecule has 0 unspecified atom stereocenters. The van der Waals surface area contributed by atoms with Crippen LogP contribution in [0, 0.1) is 5.92 Å². The van der Waals surface area contributed by atoms with Gasteiger partial charge in [0.25, 0.3) is 11.8 Å². The lowest BCUT2D eigenvalue weighted by Crippen LogP contribution is -2.43. The van der Waals surface area contributed by atoms with Gasteiger partial charge in [-0.1, -0.05) is 43.3 Å². The second-order valence-corrected chi connectivity index (χ2v) is 10.6. The number of aliphatic hydroxyl groups is 2. The van der Waals surface area contributed by atoms with Crippen molar-refractivity contribution in [1.82, 2.24) is 4.90 Å². The summed E-state index contributed by atoms with van der Waals surface area (Å²) >= 11 is 0. The van der Waals surface area contributed by atoms with Crippen molar-refractivity contribution in [1.29, 1.82) is 0 Å². The van der Waals surface area contributed by atoms with Crippen molar-refractivity contribution in [3.8, 4) is 0 Å². The quantitative estimate of drug-likeness (QED) is 0.476. The van der Waals surface area contributed by atoms with E-state index < -0.39 is 17.4 Å². The van der Waals surface area contributed by atoms with Gasteiger partial charge in [-0.05, 0) is 48.6 Å². The Kier molecular flexibility index (Phi) is 6.04. The lowest BCUT2D eigenvalue weighted by atomic mass is 9.82. The molecule has 1 saturated heterocycles. The summed E-state index contributed by atoms with van der Waals surface area (Å²) in [4.78, 5) is 44.3. The first-order valence-corrected chi connectivity index (χ1v) is 13.4. The number of likely N-dealkylation sites (N-methyl/N-ethyl adjacent to an activating group) is 1. The van der Waals surface area contributed by atoms with Crippen LogP contribution in [-0.4, -0.2) is 59.1 Å². The predicted octanol–water partition coefficient (Wildman–Crippen LogP) is 3.86. The summed E-state index contributed by atoms with van der Waals surface area (Å²) in [6.07, 6.45) is 5.18. The van der Waals surface area contributed by atoms with Crippen molar-refractivity contribution < 1.29 is 24.6 Å². The van der Waals surface area contributed by atoms with Crippen LogP contribution in [-0.2, 0) is 15.2 Å². The summed E-state index contributed by atoms with van der Waals surface area (Å²) in [5.41, 5.74) is 1.10. The largest absolute Gasteiger partial charge is 0.394 e. The molecule has 8 heteroatoms. The van der Waals surface area contributed by atoms with Gasteiger partial charge in [0.2, 0.25) is 5.91 Å². The summed E-state index contributed by atoms with van der Waals surface area (Å²) in [5.74, 6) is -1.34.